The predicted molar refractivity (Wildman–Crippen MR) is 99.9 cm³/mol. The number of carbonyl (C=O) groups excluding carboxylic acids is 1. The second kappa shape index (κ2) is 8.97. The second-order valence-electron chi connectivity index (χ2n) is 6.02. The van der Waals surface area contributed by atoms with Gasteiger partial charge in [-0.3, -0.25) is 9.69 Å². The van der Waals surface area contributed by atoms with E-state index in [2.05, 4.69) is 15.9 Å². The third kappa shape index (κ3) is 5.83. The molecule has 0 aromatic heterocycles. The Labute approximate surface area is 156 Å². The molecule has 0 N–H and O–H groups in total. The zero-order chi connectivity index (χ0) is 18.4. The average Bonchev–Trinajstić information content (AvgIpc) is 2.57. The molecule has 2 aromatic rings. The number of benzene rings is 2. The Kier molecular flexibility index (Phi) is 6.96. The first-order valence-corrected chi connectivity index (χ1v) is 8.67. The summed E-state index contributed by atoms with van der Waals surface area (Å²) in [5, 5.41) is 0. The number of halogens is 2. The molecule has 0 aliphatic rings. The van der Waals surface area contributed by atoms with E-state index in [1.807, 2.05) is 36.2 Å². The monoisotopic (exact) mass is 408 g/mol. The Morgan fingerprint density at radius 2 is 1.72 bits per heavy atom. The quantitative estimate of drug-likeness (QED) is 0.700. The van der Waals surface area contributed by atoms with Crippen LogP contribution in [0.15, 0.2) is 46.9 Å². The molecule has 0 aliphatic carbocycles. The number of hydrogen-bond acceptors (Lipinski definition) is 3. The van der Waals surface area contributed by atoms with Crippen molar-refractivity contribution in [3.8, 4) is 5.75 Å². The van der Waals surface area contributed by atoms with E-state index in [4.69, 9.17) is 4.74 Å². The zero-order valence-electron chi connectivity index (χ0n) is 14.6. The van der Waals surface area contributed by atoms with Crippen LogP contribution in [0.4, 0.5) is 4.39 Å². The molecule has 0 fully saturated rings. The summed E-state index contributed by atoms with van der Waals surface area (Å²) in [4.78, 5) is 15.9. The number of ether oxygens (including phenoxy) is 1. The summed E-state index contributed by atoms with van der Waals surface area (Å²) in [6.07, 6.45) is 0. The highest BCUT2D eigenvalue weighted by atomic mass is 79.9. The Bertz CT molecular complexity index is 722. The molecule has 0 radical (unpaired) electrons. The number of methoxy groups -OCH3 is 1. The highest BCUT2D eigenvalue weighted by molar-refractivity contribution is 9.10. The predicted octanol–water partition coefficient (Wildman–Crippen LogP) is 3.69. The molecule has 4 nitrogen and oxygen atoms in total. The highest BCUT2D eigenvalue weighted by Crippen LogP contribution is 2.18. The fourth-order valence-electron chi connectivity index (χ4n) is 2.48. The largest absolute Gasteiger partial charge is 0.494 e. The van der Waals surface area contributed by atoms with Gasteiger partial charge in [-0.1, -0.05) is 34.1 Å². The lowest BCUT2D eigenvalue weighted by atomic mass is 10.2. The zero-order valence-corrected chi connectivity index (χ0v) is 16.2. The van der Waals surface area contributed by atoms with Gasteiger partial charge in [0.2, 0.25) is 5.91 Å². The van der Waals surface area contributed by atoms with Gasteiger partial charge in [-0.25, -0.2) is 4.39 Å². The lowest BCUT2D eigenvalue weighted by Gasteiger charge is -2.22. The third-order valence-electron chi connectivity index (χ3n) is 3.83. The van der Waals surface area contributed by atoms with Gasteiger partial charge >= 0.3 is 0 Å². The van der Waals surface area contributed by atoms with Gasteiger partial charge in [0.15, 0.2) is 11.6 Å². The molecule has 0 heterocycles. The number of rotatable bonds is 7. The van der Waals surface area contributed by atoms with Crippen LogP contribution in [0, 0.1) is 5.82 Å². The van der Waals surface area contributed by atoms with E-state index in [9.17, 15) is 9.18 Å². The van der Waals surface area contributed by atoms with Crippen molar-refractivity contribution in [1.82, 2.24) is 9.80 Å². The number of hydrogen-bond donors (Lipinski definition) is 0. The molecule has 0 saturated heterocycles. The summed E-state index contributed by atoms with van der Waals surface area (Å²) in [6.45, 7) is 1.33. The van der Waals surface area contributed by atoms with E-state index in [1.54, 1.807) is 24.1 Å². The maximum atomic E-state index is 13.7. The molecule has 1 amide bonds. The minimum absolute atomic E-state index is 0.0177. The van der Waals surface area contributed by atoms with Crippen molar-refractivity contribution in [1.29, 1.82) is 0 Å². The average molecular weight is 409 g/mol. The van der Waals surface area contributed by atoms with Crippen molar-refractivity contribution in [2.45, 2.75) is 13.1 Å². The maximum Gasteiger partial charge on any atom is 0.236 e. The molecule has 2 aromatic carbocycles. The molecule has 0 spiro atoms. The minimum Gasteiger partial charge on any atom is -0.494 e. The highest BCUT2D eigenvalue weighted by Gasteiger charge is 2.13. The van der Waals surface area contributed by atoms with Crippen LogP contribution in [-0.4, -0.2) is 43.5 Å². The smallest absolute Gasteiger partial charge is 0.236 e. The van der Waals surface area contributed by atoms with Crippen LogP contribution in [0.1, 0.15) is 11.1 Å². The molecule has 0 bridgehead atoms. The van der Waals surface area contributed by atoms with Crippen LogP contribution < -0.4 is 4.74 Å². The van der Waals surface area contributed by atoms with Gasteiger partial charge in [-0.05, 0) is 42.4 Å². The normalized spacial score (nSPS) is 10.8. The van der Waals surface area contributed by atoms with Crippen molar-refractivity contribution in [3.05, 3.63) is 63.9 Å². The van der Waals surface area contributed by atoms with Gasteiger partial charge in [0, 0.05) is 24.6 Å². The van der Waals surface area contributed by atoms with Crippen LogP contribution in [0.25, 0.3) is 0 Å². The molecule has 134 valence electrons. The Hall–Kier alpha value is -1.92. The SMILES string of the molecule is COc1ccc(CN(C)C(=O)CN(C)Cc2ccc(Br)cc2)cc1F. The van der Waals surface area contributed by atoms with Gasteiger partial charge < -0.3 is 9.64 Å². The minimum atomic E-state index is -0.423. The second-order valence-corrected chi connectivity index (χ2v) is 6.93. The van der Waals surface area contributed by atoms with E-state index in [-0.39, 0.29) is 11.7 Å². The van der Waals surface area contributed by atoms with Crippen LogP contribution in [-0.2, 0) is 17.9 Å². The number of amides is 1. The summed E-state index contributed by atoms with van der Waals surface area (Å²) < 4.78 is 19.7. The molecule has 0 saturated carbocycles. The van der Waals surface area contributed by atoms with Crippen molar-refractivity contribution in [2.24, 2.45) is 0 Å². The van der Waals surface area contributed by atoms with E-state index >= 15 is 0 Å². The summed E-state index contributed by atoms with van der Waals surface area (Å²) in [6, 6.07) is 12.7. The summed E-state index contributed by atoms with van der Waals surface area (Å²) in [5.74, 6) is -0.240. The number of nitrogens with zero attached hydrogens (tertiary/aromatic N) is 2. The Morgan fingerprint density at radius 1 is 1.08 bits per heavy atom. The van der Waals surface area contributed by atoms with Crippen LogP contribution in [0.2, 0.25) is 0 Å². The first kappa shape index (κ1) is 19.4. The van der Waals surface area contributed by atoms with Crippen LogP contribution in [0.3, 0.4) is 0 Å². The summed E-state index contributed by atoms with van der Waals surface area (Å²) in [5.41, 5.74) is 1.86. The van der Waals surface area contributed by atoms with E-state index in [1.165, 1.54) is 13.2 Å². The molecular weight excluding hydrogens is 387 g/mol. The number of likely N-dealkylation sites (N-methyl/N-ethyl adjacent to an activating group) is 2. The molecule has 6 heteroatoms. The summed E-state index contributed by atoms with van der Waals surface area (Å²) >= 11 is 3.41. The van der Waals surface area contributed by atoms with Crippen molar-refractivity contribution >= 4 is 21.8 Å². The first-order valence-electron chi connectivity index (χ1n) is 7.88. The van der Waals surface area contributed by atoms with Gasteiger partial charge in [-0.2, -0.15) is 0 Å². The van der Waals surface area contributed by atoms with Crippen molar-refractivity contribution in [2.75, 3.05) is 27.7 Å². The van der Waals surface area contributed by atoms with Crippen LogP contribution in [0.5, 0.6) is 5.75 Å². The molecule has 0 atom stereocenters. The fourth-order valence-corrected chi connectivity index (χ4v) is 2.74. The molecule has 0 unspecified atom stereocenters. The standard InChI is InChI=1S/C19H22BrFN2O2/c1-22(11-14-4-7-16(20)8-5-14)13-19(24)23(2)12-15-6-9-18(25-3)17(21)10-15/h4-10H,11-13H2,1-3H3. The molecule has 25 heavy (non-hydrogen) atoms. The Balaban J connectivity index is 1.88. The lowest BCUT2D eigenvalue weighted by Crippen LogP contribution is -2.36. The van der Waals surface area contributed by atoms with Gasteiger partial charge in [0.25, 0.3) is 0 Å². The topological polar surface area (TPSA) is 32.8 Å². The maximum absolute atomic E-state index is 13.7. The molecular formula is C19H22BrFN2O2. The lowest BCUT2D eigenvalue weighted by molar-refractivity contribution is -0.131. The Morgan fingerprint density at radius 3 is 2.32 bits per heavy atom. The van der Waals surface area contributed by atoms with Crippen LogP contribution >= 0.6 is 15.9 Å². The first-order chi connectivity index (χ1) is 11.9. The van der Waals surface area contributed by atoms with Crippen molar-refractivity contribution in [3.63, 3.8) is 0 Å². The van der Waals surface area contributed by atoms with E-state index in [0.717, 1.165) is 15.6 Å². The van der Waals surface area contributed by atoms with E-state index < -0.39 is 5.82 Å². The van der Waals surface area contributed by atoms with E-state index in [0.29, 0.717) is 19.6 Å². The number of carbonyl (C=O) groups is 1. The van der Waals surface area contributed by atoms with Gasteiger partial charge in [0.05, 0.1) is 13.7 Å². The van der Waals surface area contributed by atoms with Gasteiger partial charge in [-0.15, -0.1) is 0 Å². The molecule has 0 aliphatic heterocycles. The summed E-state index contributed by atoms with van der Waals surface area (Å²) in [7, 11) is 5.05. The fraction of sp³-hybridized carbons (Fsp3) is 0.316. The third-order valence-corrected chi connectivity index (χ3v) is 4.36. The van der Waals surface area contributed by atoms with Gasteiger partial charge in [0.1, 0.15) is 0 Å². The molecule has 2 rings (SSSR count). The van der Waals surface area contributed by atoms with Crippen molar-refractivity contribution < 1.29 is 13.9 Å².